The van der Waals surface area contributed by atoms with Gasteiger partial charge in [-0.05, 0) is 23.2 Å². The second-order valence-electron chi connectivity index (χ2n) is 16.8. The molecule has 2 aromatic carbocycles. The van der Waals surface area contributed by atoms with Gasteiger partial charge in [-0.15, -0.1) is 0 Å². The van der Waals surface area contributed by atoms with E-state index in [0.717, 1.165) is 27.8 Å². The molecule has 63 heavy (non-hydrogen) atoms. The predicted molar refractivity (Wildman–Crippen MR) is 250 cm³/mol. The van der Waals surface area contributed by atoms with E-state index in [9.17, 15) is 28.8 Å². The van der Waals surface area contributed by atoms with Crippen molar-refractivity contribution in [2.45, 2.75) is 84.5 Å². The van der Waals surface area contributed by atoms with Crippen LogP contribution in [0.4, 0.5) is 0 Å². The highest BCUT2D eigenvalue weighted by atomic mass is 79.9. The fourth-order valence-corrected chi connectivity index (χ4v) is 7.59. The molecular weight excluding hydrogens is 913 g/mol. The number of aromatic amines is 1. The Balaban J connectivity index is 0.000000248. The van der Waals surface area contributed by atoms with Gasteiger partial charge in [0.25, 0.3) is 11.1 Å². The molecule has 0 aliphatic rings. The largest absolute Gasteiger partial charge is 0.468 e. The number of fused-ring (bicyclic) bond motifs is 2. The number of hydrogen-bond donors (Lipinski definition) is 1. The van der Waals surface area contributed by atoms with Gasteiger partial charge < -0.3 is 28.1 Å². The van der Waals surface area contributed by atoms with Gasteiger partial charge in [0.2, 0.25) is 0 Å². The zero-order valence-electron chi connectivity index (χ0n) is 37.1. The Kier molecular flexibility index (Phi) is 18.5. The molecule has 0 radical (unpaired) electrons. The molecule has 0 saturated carbocycles. The first-order valence-electron chi connectivity index (χ1n) is 20.2. The number of rotatable bonds is 17. The lowest BCUT2D eigenvalue weighted by atomic mass is 10.2. The van der Waals surface area contributed by atoms with Crippen molar-refractivity contribution in [2.24, 2.45) is 0 Å². The maximum atomic E-state index is 13.1. The van der Waals surface area contributed by atoms with E-state index in [1.54, 1.807) is 15.5 Å². The minimum Gasteiger partial charge on any atom is -0.468 e. The normalized spacial score (nSPS) is 11.4. The molecule has 0 fully saturated rings. The zero-order chi connectivity index (χ0) is 46.3. The highest BCUT2D eigenvalue weighted by molar-refractivity contribution is 9.09. The van der Waals surface area contributed by atoms with Crippen LogP contribution >= 0.6 is 15.9 Å². The smallest absolute Gasteiger partial charge is 0.335 e. The average Bonchev–Trinajstić information content (AvgIpc) is 3.86. The van der Waals surface area contributed by atoms with Crippen LogP contribution in [0.25, 0.3) is 22.3 Å². The summed E-state index contributed by atoms with van der Waals surface area (Å²) in [7, 11) is 0.0650. The highest BCUT2D eigenvalue weighted by Crippen LogP contribution is 2.14. The molecule has 0 atom stereocenters. The summed E-state index contributed by atoms with van der Waals surface area (Å²) in [6.07, 6.45) is 3.12. The molecule has 0 aliphatic heterocycles. The number of hydrogen-bond acceptors (Lipinski definition) is 12. The van der Waals surface area contributed by atoms with E-state index < -0.39 is 51.2 Å². The summed E-state index contributed by atoms with van der Waals surface area (Å²) < 4.78 is 27.3. The molecule has 1 N–H and O–H groups in total. The second kappa shape index (κ2) is 23.3. The summed E-state index contributed by atoms with van der Waals surface area (Å²) in [6.45, 7) is 15.1. The first-order valence-corrected chi connectivity index (χ1v) is 28.7. The summed E-state index contributed by atoms with van der Waals surface area (Å²) in [5.41, 5.74) is 1.06. The zero-order valence-corrected chi connectivity index (χ0v) is 40.7. The third-order valence-electron chi connectivity index (χ3n) is 9.42. The quantitative estimate of drug-likeness (QED) is 0.0572. The van der Waals surface area contributed by atoms with Gasteiger partial charge in [0.05, 0.1) is 26.9 Å². The lowest BCUT2D eigenvalue weighted by Gasteiger charge is -2.16. The number of halogens is 1. The molecule has 4 aromatic heterocycles. The number of alkyl halides is 1. The fourth-order valence-electron chi connectivity index (χ4n) is 5.85. The molecule has 6 aromatic rings. The van der Waals surface area contributed by atoms with Crippen molar-refractivity contribution in [1.82, 2.24) is 37.8 Å². The molecular formula is C42H57BrN8O10Si2. The first-order chi connectivity index (χ1) is 29.9. The van der Waals surface area contributed by atoms with Crippen molar-refractivity contribution in [1.29, 1.82) is 0 Å². The van der Waals surface area contributed by atoms with Crippen molar-refractivity contribution >= 4 is 66.3 Å². The van der Waals surface area contributed by atoms with Gasteiger partial charge in [0, 0.05) is 42.5 Å². The number of esters is 2. The van der Waals surface area contributed by atoms with Gasteiger partial charge in [-0.1, -0.05) is 116 Å². The third-order valence-corrected chi connectivity index (χ3v) is 13.3. The number of aromatic nitrogens is 8. The molecule has 0 saturated heterocycles. The van der Waals surface area contributed by atoms with E-state index in [0.29, 0.717) is 37.5 Å². The van der Waals surface area contributed by atoms with Gasteiger partial charge in [-0.2, -0.15) is 0 Å². The summed E-state index contributed by atoms with van der Waals surface area (Å²) in [5, 5.41) is 0.281. The maximum absolute atomic E-state index is 13.1. The van der Waals surface area contributed by atoms with Crippen LogP contribution in [0.15, 0.2) is 92.5 Å². The Hall–Kier alpha value is -5.49. The van der Waals surface area contributed by atoms with Crippen LogP contribution in [0.2, 0.25) is 51.4 Å². The third kappa shape index (κ3) is 14.8. The molecule has 6 rings (SSSR count). The number of nitrogens with one attached hydrogen (secondary N) is 1. The van der Waals surface area contributed by atoms with Crippen LogP contribution in [0.3, 0.4) is 0 Å². The van der Waals surface area contributed by atoms with Crippen LogP contribution in [-0.4, -0.2) is 98.6 Å². The van der Waals surface area contributed by atoms with Crippen LogP contribution < -0.4 is 22.5 Å². The first kappa shape index (κ1) is 50.2. The van der Waals surface area contributed by atoms with Gasteiger partial charge in [-0.25, -0.2) is 24.1 Å². The topological polar surface area (TPSA) is 206 Å². The SMILES string of the molecule is COC(=O)CBr.COC(=O)Cn1c(=O)c2c(ncn2Cc2ccccc2)n(COCC[Si](C)(C)C)c1=O.C[Si](C)(C)CCOCn1c(=O)[nH]c(=O)c2c1ncn2Cc1ccccc1. The summed E-state index contributed by atoms with van der Waals surface area (Å²) in [6, 6.07) is 21.4. The Bertz CT molecular complexity index is 2670. The van der Waals surface area contributed by atoms with E-state index in [-0.39, 0.29) is 35.9 Å². The summed E-state index contributed by atoms with van der Waals surface area (Å²) in [5.74, 6) is -0.922. The van der Waals surface area contributed by atoms with E-state index in [1.807, 2.05) is 60.7 Å². The molecule has 0 aliphatic carbocycles. The molecule has 4 heterocycles. The number of carbonyl (C=O) groups excluding carboxylic acids is 2. The van der Waals surface area contributed by atoms with Crippen LogP contribution in [0, 0.1) is 0 Å². The summed E-state index contributed by atoms with van der Waals surface area (Å²) in [4.78, 5) is 83.4. The molecule has 0 amide bonds. The Morgan fingerprint density at radius 2 is 1.11 bits per heavy atom. The minimum atomic E-state index is -1.30. The van der Waals surface area contributed by atoms with E-state index in [2.05, 4.69) is 79.6 Å². The molecule has 0 spiro atoms. The molecule has 0 bridgehead atoms. The van der Waals surface area contributed by atoms with Crippen LogP contribution in [-0.2, 0) is 61.6 Å². The second-order valence-corrected chi connectivity index (χ2v) is 28.6. The van der Waals surface area contributed by atoms with Crippen LogP contribution in [0.5, 0.6) is 0 Å². The average molecular weight is 970 g/mol. The highest BCUT2D eigenvalue weighted by Gasteiger charge is 2.21. The number of H-pyrrole nitrogens is 1. The number of imidazole rings is 2. The molecule has 18 nitrogen and oxygen atoms in total. The van der Waals surface area contributed by atoms with Gasteiger partial charge in [-0.3, -0.25) is 33.3 Å². The van der Waals surface area contributed by atoms with Gasteiger partial charge in [0.15, 0.2) is 22.3 Å². The number of carbonyl (C=O) groups is 2. The Morgan fingerprint density at radius 3 is 1.56 bits per heavy atom. The van der Waals surface area contributed by atoms with Gasteiger partial charge in [0.1, 0.15) is 25.3 Å². The van der Waals surface area contributed by atoms with Crippen molar-refractivity contribution in [3.63, 3.8) is 0 Å². The number of methoxy groups -OCH3 is 2. The number of nitrogens with zero attached hydrogens (tertiary/aromatic N) is 7. The molecule has 0 unspecified atom stereocenters. The number of benzene rings is 2. The van der Waals surface area contributed by atoms with Crippen molar-refractivity contribution < 1.29 is 28.5 Å². The predicted octanol–water partition coefficient (Wildman–Crippen LogP) is 4.69. The van der Waals surface area contributed by atoms with Gasteiger partial charge >= 0.3 is 23.3 Å². The Morgan fingerprint density at radius 1 is 0.651 bits per heavy atom. The standard InChI is InChI=1S/C21H28N4O5Si.C18H24N4O3Si.C3H5BrO2/c1-29-17(26)13-24-20(27)18-19(22-14-23(18)12-16-8-6-5-7-9-16)25(21(24)28)15-30-10-11-31(2,3)4;1-26(2,3)10-9-25-13-22-16-15(17(23)20-18(22)24)21(12-19-16)11-14-7-5-4-6-8-14;1-6-3(5)2-4/h5-9,14H,10-13,15H2,1-4H3;4-8,12H,9-11,13H2,1-3H3,(H,20,23,24);2H2,1H3. The number of ether oxygens (including phenoxy) is 4. The lowest BCUT2D eigenvalue weighted by molar-refractivity contribution is -0.141. The summed E-state index contributed by atoms with van der Waals surface area (Å²) >= 11 is 2.90. The van der Waals surface area contributed by atoms with E-state index in [1.165, 1.54) is 29.7 Å². The lowest BCUT2D eigenvalue weighted by Crippen LogP contribution is -2.42. The molecule has 21 heteroatoms. The van der Waals surface area contributed by atoms with Crippen molar-refractivity contribution in [2.75, 3.05) is 32.8 Å². The maximum Gasteiger partial charge on any atom is 0.335 e. The minimum absolute atomic E-state index is 0.0520. The van der Waals surface area contributed by atoms with E-state index >= 15 is 0 Å². The van der Waals surface area contributed by atoms with Crippen LogP contribution in [0.1, 0.15) is 11.1 Å². The fraction of sp³-hybridized carbons (Fsp3) is 0.429. The van der Waals surface area contributed by atoms with E-state index in [4.69, 9.17) is 9.47 Å². The van der Waals surface area contributed by atoms with Crippen molar-refractivity contribution in [3.05, 3.63) is 126 Å². The monoisotopic (exact) mass is 968 g/mol. The Labute approximate surface area is 374 Å². The molecule has 340 valence electrons. The van der Waals surface area contributed by atoms with Crippen molar-refractivity contribution in [3.8, 4) is 0 Å².